The molecule has 0 bridgehead atoms. The van der Waals surface area contributed by atoms with Crippen molar-refractivity contribution in [1.82, 2.24) is 4.90 Å². The molecule has 0 saturated carbocycles. The van der Waals surface area contributed by atoms with Crippen molar-refractivity contribution < 1.29 is 14.3 Å². The van der Waals surface area contributed by atoms with Crippen LogP contribution in [0.1, 0.15) is 37.8 Å². The summed E-state index contributed by atoms with van der Waals surface area (Å²) in [7, 11) is 0. The fourth-order valence-corrected chi connectivity index (χ4v) is 4.12. The van der Waals surface area contributed by atoms with Crippen LogP contribution in [-0.2, 0) is 17.6 Å². The van der Waals surface area contributed by atoms with Gasteiger partial charge in [0.05, 0.1) is 6.61 Å². The molecule has 1 N–H and O–H groups in total. The van der Waals surface area contributed by atoms with Crippen LogP contribution in [0.25, 0.3) is 0 Å². The van der Waals surface area contributed by atoms with Crippen LogP contribution in [-0.4, -0.2) is 42.8 Å². The Kier molecular flexibility index (Phi) is 8.31. The molecule has 1 aliphatic rings. The predicted molar refractivity (Wildman–Crippen MR) is 129 cm³/mol. The maximum atomic E-state index is 13.2. The Labute approximate surface area is 190 Å². The summed E-state index contributed by atoms with van der Waals surface area (Å²) in [6.07, 6.45) is 3.77. The number of anilines is 2. The van der Waals surface area contributed by atoms with E-state index in [-0.39, 0.29) is 12.6 Å². The molecule has 0 fully saturated rings. The summed E-state index contributed by atoms with van der Waals surface area (Å²) >= 11 is 0. The summed E-state index contributed by atoms with van der Waals surface area (Å²) < 4.78 is 5.37. The first-order valence-corrected chi connectivity index (χ1v) is 11.4. The first-order valence-electron chi connectivity index (χ1n) is 11.4. The Morgan fingerprint density at radius 1 is 1.09 bits per heavy atom. The zero-order chi connectivity index (χ0) is 22.9. The highest BCUT2D eigenvalue weighted by Gasteiger charge is 2.33. The molecule has 1 unspecified atom stereocenters. The summed E-state index contributed by atoms with van der Waals surface area (Å²) in [5, 5.41) is 2.88. The van der Waals surface area contributed by atoms with Gasteiger partial charge in [-0.2, -0.15) is 0 Å². The van der Waals surface area contributed by atoms with E-state index in [1.807, 2.05) is 36.4 Å². The second kappa shape index (κ2) is 11.4. The first-order chi connectivity index (χ1) is 15.6. The lowest BCUT2D eigenvalue weighted by molar-refractivity contribution is 0.0986. The third-order valence-electron chi connectivity index (χ3n) is 5.90. The Balaban J connectivity index is 1.76. The lowest BCUT2D eigenvalue weighted by atomic mass is 9.88. The summed E-state index contributed by atoms with van der Waals surface area (Å²) in [6, 6.07) is 15.2. The molecule has 0 heterocycles. The van der Waals surface area contributed by atoms with Crippen molar-refractivity contribution in [1.29, 1.82) is 0 Å². The van der Waals surface area contributed by atoms with Gasteiger partial charge in [-0.25, -0.2) is 14.5 Å². The number of carbonyl (C=O) groups is 2. The number of urea groups is 1. The number of nitrogens with zero attached hydrogens (tertiary/aromatic N) is 2. The van der Waals surface area contributed by atoms with Crippen LogP contribution in [0.15, 0.2) is 61.2 Å². The summed E-state index contributed by atoms with van der Waals surface area (Å²) in [5.74, 6) is 0. The predicted octanol–water partition coefficient (Wildman–Crippen LogP) is 5.64. The molecule has 0 saturated heterocycles. The zero-order valence-electron chi connectivity index (χ0n) is 19.0. The van der Waals surface area contributed by atoms with Gasteiger partial charge in [0, 0.05) is 30.5 Å². The van der Waals surface area contributed by atoms with Crippen molar-refractivity contribution in [2.45, 2.75) is 45.6 Å². The van der Waals surface area contributed by atoms with Gasteiger partial charge < -0.3 is 15.0 Å². The van der Waals surface area contributed by atoms with Crippen molar-refractivity contribution in [2.24, 2.45) is 0 Å². The van der Waals surface area contributed by atoms with Crippen LogP contribution >= 0.6 is 0 Å². The van der Waals surface area contributed by atoms with E-state index in [2.05, 4.69) is 42.8 Å². The minimum absolute atomic E-state index is 0.202. The van der Waals surface area contributed by atoms with Gasteiger partial charge in [0.15, 0.2) is 0 Å². The van der Waals surface area contributed by atoms with Crippen LogP contribution in [0.5, 0.6) is 0 Å². The molecule has 170 valence electrons. The number of benzene rings is 2. The van der Waals surface area contributed by atoms with Crippen molar-refractivity contribution >= 4 is 23.5 Å². The average molecular weight is 436 g/mol. The van der Waals surface area contributed by atoms with E-state index in [0.717, 1.165) is 25.2 Å². The Bertz CT molecular complexity index is 922. The number of imide groups is 1. The third kappa shape index (κ3) is 5.69. The van der Waals surface area contributed by atoms with Gasteiger partial charge in [-0.15, -0.1) is 6.58 Å². The number of ether oxygens (including phenoxy) is 1. The van der Waals surface area contributed by atoms with Crippen LogP contribution in [0, 0.1) is 0 Å². The average Bonchev–Trinajstić information content (AvgIpc) is 2.81. The summed E-state index contributed by atoms with van der Waals surface area (Å²) in [5.41, 5.74) is 4.18. The minimum Gasteiger partial charge on any atom is -0.449 e. The van der Waals surface area contributed by atoms with Crippen molar-refractivity contribution in [3.05, 3.63) is 72.3 Å². The Morgan fingerprint density at radius 3 is 2.44 bits per heavy atom. The number of hydrogen-bond acceptors (Lipinski definition) is 4. The van der Waals surface area contributed by atoms with E-state index in [1.54, 1.807) is 6.08 Å². The molecule has 0 spiro atoms. The molecule has 1 atom stereocenters. The zero-order valence-corrected chi connectivity index (χ0v) is 19.0. The maximum Gasteiger partial charge on any atom is 0.418 e. The van der Waals surface area contributed by atoms with E-state index in [9.17, 15) is 9.59 Å². The first kappa shape index (κ1) is 23.4. The van der Waals surface area contributed by atoms with Gasteiger partial charge in [0.1, 0.15) is 0 Å². The molecule has 2 aromatic carbocycles. The van der Waals surface area contributed by atoms with Gasteiger partial charge in [0.25, 0.3) is 0 Å². The highest BCUT2D eigenvalue weighted by atomic mass is 16.6. The van der Waals surface area contributed by atoms with Crippen LogP contribution in [0.2, 0.25) is 0 Å². The van der Waals surface area contributed by atoms with E-state index in [0.29, 0.717) is 24.9 Å². The van der Waals surface area contributed by atoms with E-state index >= 15 is 0 Å². The molecule has 3 amide bonds. The van der Waals surface area contributed by atoms with Crippen LogP contribution in [0.3, 0.4) is 0 Å². The second-order valence-electron chi connectivity index (χ2n) is 7.88. The monoisotopic (exact) mass is 435 g/mol. The maximum absolute atomic E-state index is 13.2. The number of nitrogens with one attached hydrogen (secondary N) is 1. The molecule has 6 nitrogen and oxygen atoms in total. The molecule has 0 radical (unpaired) electrons. The van der Waals surface area contributed by atoms with Crippen LogP contribution < -0.4 is 10.2 Å². The Morgan fingerprint density at radius 2 is 1.78 bits per heavy atom. The van der Waals surface area contributed by atoms with Crippen molar-refractivity contribution in [3.63, 3.8) is 0 Å². The number of fused-ring (bicyclic) bond motifs is 1. The lowest BCUT2D eigenvalue weighted by Gasteiger charge is -2.33. The number of rotatable bonds is 8. The molecule has 32 heavy (non-hydrogen) atoms. The second-order valence-corrected chi connectivity index (χ2v) is 7.88. The highest BCUT2D eigenvalue weighted by molar-refractivity contribution is 5.99. The minimum atomic E-state index is -0.617. The van der Waals surface area contributed by atoms with Gasteiger partial charge >= 0.3 is 12.1 Å². The molecule has 2 aromatic rings. The van der Waals surface area contributed by atoms with Gasteiger partial charge in [-0.1, -0.05) is 30.3 Å². The topological polar surface area (TPSA) is 61.9 Å². The fraction of sp³-hybridized carbons (Fsp3) is 0.385. The molecule has 3 rings (SSSR count). The van der Waals surface area contributed by atoms with E-state index in [1.165, 1.54) is 16.0 Å². The SMILES string of the molecule is C=CCCOC(=O)N(C(=O)Nc1ccc(N(CC)CC)cc1)C1CCc2ccccc2C1. The number of carbonyl (C=O) groups excluding carboxylic acids is 2. The largest absolute Gasteiger partial charge is 0.449 e. The number of hydrogen-bond donors (Lipinski definition) is 1. The highest BCUT2D eigenvalue weighted by Crippen LogP contribution is 2.26. The van der Waals surface area contributed by atoms with Crippen molar-refractivity contribution in [2.75, 3.05) is 29.9 Å². The number of aryl methyl sites for hydroxylation is 1. The molecule has 6 heteroatoms. The normalized spacial score (nSPS) is 14.8. The van der Waals surface area contributed by atoms with Crippen LogP contribution in [0.4, 0.5) is 21.0 Å². The Hall–Kier alpha value is -3.28. The number of amides is 3. The lowest BCUT2D eigenvalue weighted by Crippen LogP contribution is -2.49. The molecule has 0 aromatic heterocycles. The van der Waals surface area contributed by atoms with Gasteiger partial charge in [-0.05, 0) is 74.9 Å². The van der Waals surface area contributed by atoms with Gasteiger partial charge in [-0.3, -0.25) is 0 Å². The molecular weight excluding hydrogens is 402 g/mol. The fourth-order valence-electron chi connectivity index (χ4n) is 4.12. The summed E-state index contributed by atoms with van der Waals surface area (Å²) in [6.45, 7) is 9.90. The third-order valence-corrected chi connectivity index (χ3v) is 5.90. The molecule has 0 aliphatic heterocycles. The molecule has 1 aliphatic carbocycles. The standard InChI is InChI=1S/C26H33N3O3/c1-4-7-18-32-26(31)29(24-15-12-20-10-8-9-11-21(20)19-24)25(30)27-22-13-16-23(17-14-22)28(5-2)6-3/h4,8-11,13-14,16-17,24H,1,5-7,12,15,18-19H2,2-3H3,(H,27,30). The van der Waals surface area contributed by atoms with E-state index < -0.39 is 12.1 Å². The van der Waals surface area contributed by atoms with Gasteiger partial charge in [0.2, 0.25) is 0 Å². The van der Waals surface area contributed by atoms with Crippen molar-refractivity contribution in [3.8, 4) is 0 Å². The quantitative estimate of drug-likeness (QED) is 0.431. The molecular formula is C26H33N3O3. The van der Waals surface area contributed by atoms with E-state index in [4.69, 9.17) is 4.74 Å². The smallest absolute Gasteiger partial charge is 0.418 e. The summed E-state index contributed by atoms with van der Waals surface area (Å²) in [4.78, 5) is 29.6.